The van der Waals surface area contributed by atoms with Gasteiger partial charge in [0.15, 0.2) is 23.0 Å². The largest absolute Gasteiger partial charge is 0.486 e. The highest BCUT2D eigenvalue weighted by Gasteiger charge is 2.16. The van der Waals surface area contributed by atoms with E-state index in [0.29, 0.717) is 41.8 Å². The van der Waals surface area contributed by atoms with Gasteiger partial charge in [0.25, 0.3) is 0 Å². The Morgan fingerprint density at radius 1 is 1.00 bits per heavy atom. The van der Waals surface area contributed by atoms with Crippen molar-refractivity contribution in [2.24, 2.45) is 0 Å². The summed E-state index contributed by atoms with van der Waals surface area (Å²) in [6, 6.07) is 10.7. The van der Waals surface area contributed by atoms with Gasteiger partial charge in [-0.25, -0.2) is 0 Å². The van der Waals surface area contributed by atoms with Crippen molar-refractivity contribution in [1.82, 2.24) is 5.32 Å². The molecule has 0 saturated heterocycles. The molecular formula is C20H19NO6. The number of carbonyl (C=O) groups excluding carboxylic acids is 1. The molecule has 0 saturated carbocycles. The Labute approximate surface area is 156 Å². The van der Waals surface area contributed by atoms with Crippen LogP contribution >= 0.6 is 0 Å². The third kappa shape index (κ3) is 3.98. The predicted octanol–water partition coefficient (Wildman–Crippen LogP) is 2.05. The smallest absolute Gasteiger partial charge is 0.244 e. The van der Waals surface area contributed by atoms with Gasteiger partial charge in [0.05, 0.1) is 6.10 Å². The zero-order valence-corrected chi connectivity index (χ0v) is 14.5. The Balaban J connectivity index is 1.32. The molecule has 2 aromatic carbocycles. The lowest BCUT2D eigenvalue weighted by Crippen LogP contribution is -2.26. The van der Waals surface area contributed by atoms with E-state index < -0.39 is 6.10 Å². The van der Waals surface area contributed by atoms with Crippen LogP contribution in [0.1, 0.15) is 17.2 Å². The molecule has 7 nitrogen and oxygen atoms in total. The van der Waals surface area contributed by atoms with Crippen LogP contribution in [-0.4, -0.2) is 37.6 Å². The summed E-state index contributed by atoms with van der Waals surface area (Å²) < 4.78 is 21.5. The van der Waals surface area contributed by atoms with Crippen LogP contribution in [-0.2, 0) is 4.79 Å². The van der Waals surface area contributed by atoms with Gasteiger partial charge < -0.3 is 29.4 Å². The Hall–Kier alpha value is -3.19. The fourth-order valence-corrected chi connectivity index (χ4v) is 2.83. The van der Waals surface area contributed by atoms with Gasteiger partial charge in [-0.3, -0.25) is 4.79 Å². The number of amides is 1. The van der Waals surface area contributed by atoms with Crippen LogP contribution in [0.15, 0.2) is 42.5 Å². The van der Waals surface area contributed by atoms with Gasteiger partial charge in [-0.2, -0.15) is 0 Å². The Morgan fingerprint density at radius 3 is 2.59 bits per heavy atom. The highest BCUT2D eigenvalue weighted by molar-refractivity contribution is 5.91. The van der Waals surface area contributed by atoms with E-state index in [0.717, 1.165) is 5.56 Å². The van der Waals surface area contributed by atoms with E-state index in [1.807, 2.05) is 6.07 Å². The number of aliphatic hydroxyl groups excluding tert-OH is 1. The highest BCUT2D eigenvalue weighted by Crippen LogP contribution is 2.33. The maximum absolute atomic E-state index is 12.0. The second kappa shape index (κ2) is 7.59. The number of hydrogen-bond acceptors (Lipinski definition) is 6. The lowest BCUT2D eigenvalue weighted by Gasteiger charge is -2.20. The predicted molar refractivity (Wildman–Crippen MR) is 97.0 cm³/mol. The summed E-state index contributed by atoms with van der Waals surface area (Å²) in [5.41, 5.74) is 1.47. The van der Waals surface area contributed by atoms with Crippen molar-refractivity contribution >= 4 is 12.0 Å². The van der Waals surface area contributed by atoms with E-state index in [-0.39, 0.29) is 19.2 Å². The maximum atomic E-state index is 12.0. The Bertz CT molecular complexity index is 879. The van der Waals surface area contributed by atoms with Gasteiger partial charge in [0.1, 0.15) is 13.2 Å². The van der Waals surface area contributed by atoms with Crippen LogP contribution in [0, 0.1) is 0 Å². The summed E-state index contributed by atoms with van der Waals surface area (Å²) >= 11 is 0. The fraction of sp³-hybridized carbons (Fsp3) is 0.250. The van der Waals surface area contributed by atoms with Crippen molar-refractivity contribution in [2.45, 2.75) is 6.10 Å². The molecule has 0 fully saturated rings. The van der Waals surface area contributed by atoms with Crippen LogP contribution in [0.4, 0.5) is 0 Å². The van der Waals surface area contributed by atoms with Gasteiger partial charge in [-0.1, -0.05) is 12.1 Å². The average Bonchev–Trinajstić information content (AvgIpc) is 3.18. The van der Waals surface area contributed by atoms with Crippen LogP contribution in [0.3, 0.4) is 0 Å². The number of fused-ring (bicyclic) bond motifs is 2. The molecule has 1 atom stereocenters. The molecule has 1 amide bonds. The molecule has 7 heteroatoms. The average molecular weight is 369 g/mol. The molecular weight excluding hydrogens is 350 g/mol. The molecule has 4 rings (SSSR count). The first kappa shape index (κ1) is 17.2. The lowest BCUT2D eigenvalue weighted by molar-refractivity contribution is -0.116. The topological polar surface area (TPSA) is 86.3 Å². The van der Waals surface area contributed by atoms with E-state index >= 15 is 0 Å². The third-order valence-electron chi connectivity index (χ3n) is 4.24. The normalized spacial score (nSPS) is 15.6. The molecule has 27 heavy (non-hydrogen) atoms. The van der Waals surface area contributed by atoms with Gasteiger partial charge in [-0.15, -0.1) is 0 Å². The monoisotopic (exact) mass is 369 g/mol. The minimum absolute atomic E-state index is 0.0873. The number of aliphatic hydroxyl groups is 1. The zero-order valence-electron chi connectivity index (χ0n) is 14.5. The molecule has 0 aliphatic carbocycles. The second-order valence-corrected chi connectivity index (χ2v) is 6.11. The molecule has 2 aromatic rings. The first-order valence-electron chi connectivity index (χ1n) is 8.62. The molecule has 2 N–H and O–H groups in total. The quantitative estimate of drug-likeness (QED) is 0.785. The number of carbonyl (C=O) groups is 1. The van der Waals surface area contributed by atoms with Crippen molar-refractivity contribution in [3.8, 4) is 23.0 Å². The van der Waals surface area contributed by atoms with E-state index in [2.05, 4.69) is 5.32 Å². The molecule has 140 valence electrons. The molecule has 2 aliphatic heterocycles. The molecule has 0 bridgehead atoms. The van der Waals surface area contributed by atoms with Crippen molar-refractivity contribution in [3.05, 3.63) is 53.6 Å². The molecule has 2 heterocycles. The van der Waals surface area contributed by atoms with E-state index in [1.165, 1.54) is 6.08 Å². The van der Waals surface area contributed by atoms with E-state index in [9.17, 15) is 9.90 Å². The van der Waals surface area contributed by atoms with Gasteiger partial charge >= 0.3 is 0 Å². The number of nitrogens with one attached hydrogen (secondary N) is 1. The Kier molecular flexibility index (Phi) is 4.84. The molecule has 0 radical (unpaired) electrons. The summed E-state index contributed by atoms with van der Waals surface area (Å²) in [6.07, 6.45) is 2.24. The van der Waals surface area contributed by atoms with Crippen molar-refractivity contribution in [1.29, 1.82) is 0 Å². The third-order valence-corrected chi connectivity index (χ3v) is 4.24. The van der Waals surface area contributed by atoms with Crippen molar-refractivity contribution in [3.63, 3.8) is 0 Å². The molecule has 2 aliphatic rings. The number of hydrogen-bond donors (Lipinski definition) is 2. The maximum Gasteiger partial charge on any atom is 0.244 e. The van der Waals surface area contributed by atoms with Gasteiger partial charge in [0.2, 0.25) is 12.7 Å². The number of ether oxygens (including phenoxy) is 4. The van der Waals surface area contributed by atoms with Crippen molar-refractivity contribution in [2.75, 3.05) is 26.6 Å². The first-order valence-corrected chi connectivity index (χ1v) is 8.62. The lowest BCUT2D eigenvalue weighted by atomic mass is 10.1. The zero-order chi connectivity index (χ0) is 18.6. The second-order valence-electron chi connectivity index (χ2n) is 6.11. The molecule has 0 spiro atoms. The van der Waals surface area contributed by atoms with Crippen LogP contribution in [0.5, 0.6) is 23.0 Å². The van der Waals surface area contributed by atoms with Crippen LogP contribution < -0.4 is 24.3 Å². The van der Waals surface area contributed by atoms with Crippen LogP contribution in [0.2, 0.25) is 0 Å². The molecule has 0 aromatic heterocycles. The highest BCUT2D eigenvalue weighted by atomic mass is 16.7. The SMILES string of the molecule is O=C(/C=C/c1ccc2c(c1)OCO2)NC[C@H](O)c1ccc2c(c1)OCCO2. The summed E-state index contributed by atoms with van der Waals surface area (Å²) in [5.74, 6) is 2.31. The minimum Gasteiger partial charge on any atom is -0.486 e. The number of rotatable bonds is 5. The summed E-state index contributed by atoms with van der Waals surface area (Å²) in [6.45, 7) is 1.29. The number of benzene rings is 2. The van der Waals surface area contributed by atoms with Crippen LogP contribution in [0.25, 0.3) is 6.08 Å². The minimum atomic E-state index is -0.844. The van der Waals surface area contributed by atoms with E-state index in [1.54, 1.807) is 36.4 Å². The fourth-order valence-electron chi connectivity index (χ4n) is 2.83. The van der Waals surface area contributed by atoms with Crippen molar-refractivity contribution < 1.29 is 28.8 Å². The summed E-state index contributed by atoms with van der Waals surface area (Å²) in [4.78, 5) is 12.0. The van der Waals surface area contributed by atoms with Gasteiger partial charge in [0, 0.05) is 12.6 Å². The summed E-state index contributed by atoms with van der Waals surface area (Å²) in [5, 5.41) is 13.0. The summed E-state index contributed by atoms with van der Waals surface area (Å²) in [7, 11) is 0. The molecule has 0 unspecified atom stereocenters. The first-order chi connectivity index (χ1) is 13.2. The standard InChI is InChI=1S/C20H19NO6/c22-15(14-3-5-16-19(10-14)25-8-7-24-16)11-21-20(23)6-2-13-1-4-17-18(9-13)27-12-26-17/h1-6,9-10,15,22H,7-8,11-12H2,(H,21,23)/b6-2+/t15-/m0/s1. The van der Waals surface area contributed by atoms with Gasteiger partial charge in [-0.05, 0) is 41.5 Å². The Morgan fingerprint density at radius 2 is 1.70 bits per heavy atom. The van der Waals surface area contributed by atoms with E-state index in [4.69, 9.17) is 18.9 Å².